The van der Waals surface area contributed by atoms with Crippen LogP contribution in [0.5, 0.6) is 23.0 Å². The van der Waals surface area contributed by atoms with Crippen molar-refractivity contribution < 1.29 is 48.8 Å². The monoisotopic (exact) mass is 943 g/mol. The summed E-state index contributed by atoms with van der Waals surface area (Å²) in [4.78, 5) is 67.7. The minimum atomic E-state index is -0.520. The third-order valence-corrected chi connectivity index (χ3v) is 13.1. The van der Waals surface area contributed by atoms with Gasteiger partial charge in [-0.1, -0.05) is 85.6 Å². The first kappa shape index (κ1) is 53.9. The Morgan fingerprint density at radius 1 is 0.435 bits per heavy atom. The molecule has 0 radical (unpaired) electrons. The van der Waals surface area contributed by atoms with E-state index in [1.807, 2.05) is 0 Å². The first-order valence-electron chi connectivity index (χ1n) is 25.6. The van der Waals surface area contributed by atoms with Crippen LogP contribution in [0.4, 0.5) is 0 Å². The summed E-state index contributed by atoms with van der Waals surface area (Å²) in [5.41, 5.74) is 5.10. The maximum Gasteiger partial charge on any atom is 0.330 e. The molecule has 10 heteroatoms. The van der Waals surface area contributed by atoms with E-state index in [0.29, 0.717) is 137 Å². The molecule has 0 spiro atoms. The molecule has 5 rings (SSSR count). The van der Waals surface area contributed by atoms with Gasteiger partial charge in [0.15, 0.2) is 23.1 Å². The minimum absolute atomic E-state index is 0.0298. The van der Waals surface area contributed by atoms with Crippen LogP contribution in [-0.2, 0) is 35.2 Å². The summed E-state index contributed by atoms with van der Waals surface area (Å²) in [6.45, 7) is 12.1. The van der Waals surface area contributed by atoms with E-state index < -0.39 is 5.97 Å². The summed E-state index contributed by atoms with van der Waals surface area (Å²) in [7, 11) is 0. The van der Waals surface area contributed by atoms with E-state index in [1.165, 1.54) is 0 Å². The van der Waals surface area contributed by atoms with Gasteiger partial charge in [-0.25, -0.2) is 4.79 Å². The van der Waals surface area contributed by atoms with Crippen molar-refractivity contribution in [2.45, 2.75) is 169 Å². The largest absolute Gasteiger partial charge is 0.507 e. The normalized spacial score (nSPS) is 12.1. The number of ketones is 4. The number of aromatic hydroxyl groups is 3. The van der Waals surface area contributed by atoms with Gasteiger partial charge in [0, 0.05) is 79.7 Å². The van der Waals surface area contributed by atoms with Gasteiger partial charge in [-0.05, 0) is 132 Å². The molecule has 0 amide bonds. The number of carbonyl (C=O) groups is 5. The molecule has 0 saturated carbocycles. The van der Waals surface area contributed by atoms with Gasteiger partial charge in [-0.15, -0.1) is 0 Å². The number of benzene rings is 4. The molecule has 0 fully saturated rings. The summed E-state index contributed by atoms with van der Waals surface area (Å²) in [6.07, 6.45) is 13.4. The molecule has 370 valence electrons. The molecule has 1 aliphatic carbocycles. The molecule has 0 aromatic heterocycles. The second-order valence-electron chi connectivity index (χ2n) is 18.7. The summed E-state index contributed by atoms with van der Waals surface area (Å²) in [5, 5.41) is 36.8. The number of ether oxygens (including phenoxy) is 2. The molecule has 0 atom stereocenters. The number of esters is 1. The van der Waals surface area contributed by atoms with Crippen molar-refractivity contribution in [1.82, 2.24) is 0 Å². The molecule has 69 heavy (non-hydrogen) atoms. The Kier molecular flexibility index (Phi) is 21.3. The predicted octanol–water partition coefficient (Wildman–Crippen LogP) is 13.4. The molecule has 0 unspecified atom stereocenters. The van der Waals surface area contributed by atoms with Gasteiger partial charge >= 0.3 is 5.97 Å². The average Bonchev–Trinajstić information content (AvgIpc) is 3.33. The molecule has 4 aromatic carbocycles. The lowest BCUT2D eigenvalue weighted by atomic mass is 9.86. The zero-order valence-corrected chi connectivity index (χ0v) is 41.6. The number of unbranched alkanes of at least 4 members (excludes halogenated alkanes) is 9. The lowest BCUT2D eigenvalue weighted by Crippen LogP contribution is -2.11. The molecule has 8 bridgehead atoms. The van der Waals surface area contributed by atoms with Crippen LogP contribution in [0.15, 0.2) is 61.2 Å². The van der Waals surface area contributed by atoms with Crippen LogP contribution in [0.3, 0.4) is 0 Å². The van der Waals surface area contributed by atoms with E-state index in [4.69, 9.17) is 9.47 Å². The van der Waals surface area contributed by atoms with E-state index in [9.17, 15) is 39.3 Å². The molecule has 4 aromatic rings. The molecule has 0 heterocycles. The molecule has 1 aliphatic rings. The molecule has 10 nitrogen and oxygen atoms in total. The number of phenols is 3. The van der Waals surface area contributed by atoms with Crippen LogP contribution >= 0.6 is 0 Å². The fourth-order valence-corrected chi connectivity index (χ4v) is 9.09. The van der Waals surface area contributed by atoms with Crippen molar-refractivity contribution in [2.75, 3.05) is 13.2 Å². The first-order chi connectivity index (χ1) is 33.3. The van der Waals surface area contributed by atoms with E-state index >= 15 is 0 Å². The first-order valence-corrected chi connectivity index (χ1v) is 25.6. The van der Waals surface area contributed by atoms with Gasteiger partial charge < -0.3 is 24.8 Å². The Balaban J connectivity index is 1.80. The molecular formula is C59H74O10. The van der Waals surface area contributed by atoms with Crippen LogP contribution in [0, 0.1) is 0 Å². The smallest absolute Gasteiger partial charge is 0.330 e. The van der Waals surface area contributed by atoms with Crippen LogP contribution in [-0.4, -0.2) is 57.6 Å². The van der Waals surface area contributed by atoms with Crippen LogP contribution in [0.2, 0.25) is 0 Å². The summed E-state index contributed by atoms with van der Waals surface area (Å²) in [6, 6.07) is 13.7. The summed E-state index contributed by atoms with van der Waals surface area (Å²) >= 11 is 0. The molecule has 0 saturated heterocycles. The number of hydrogen-bond donors (Lipinski definition) is 3. The third-order valence-electron chi connectivity index (χ3n) is 13.1. The molecule has 3 N–H and O–H groups in total. The van der Waals surface area contributed by atoms with Crippen molar-refractivity contribution in [3.8, 4) is 23.0 Å². The van der Waals surface area contributed by atoms with Crippen molar-refractivity contribution in [2.24, 2.45) is 0 Å². The number of carbonyl (C=O) groups excluding carboxylic acids is 5. The fourth-order valence-electron chi connectivity index (χ4n) is 9.09. The Morgan fingerprint density at radius 3 is 1.00 bits per heavy atom. The van der Waals surface area contributed by atoms with Crippen molar-refractivity contribution >= 4 is 29.1 Å². The SMILES string of the molecule is C=CC(=O)OCCCCOc1c2cc(C(=O)CCCCC)cc1Cc1cc(C(=O)CCCCC)cc(c1O)Cc1cc(C(=O)CCCCC)cc(c1O)Cc1cc(C(=O)CCCCC)cc(c1O)C2. The Bertz CT molecular complexity index is 2330. The highest BCUT2D eigenvalue weighted by atomic mass is 16.5. The van der Waals surface area contributed by atoms with Crippen LogP contribution < -0.4 is 4.74 Å². The van der Waals surface area contributed by atoms with Gasteiger partial charge in [-0.2, -0.15) is 0 Å². The molecule has 0 aliphatic heterocycles. The molecular weight excluding hydrogens is 869 g/mol. The second-order valence-corrected chi connectivity index (χ2v) is 18.7. The number of fused-ring (bicyclic) bond motifs is 8. The van der Waals surface area contributed by atoms with E-state index in [-0.39, 0.29) is 79.3 Å². The van der Waals surface area contributed by atoms with Gasteiger partial charge in [0.1, 0.15) is 23.0 Å². The highest BCUT2D eigenvalue weighted by Crippen LogP contribution is 2.40. The second kappa shape index (κ2) is 27.2. The minimum Gasteiger partial charge on any atom is -0.507 e. The fraction of sp³-hybridized carbons (Fsp3) is 0.475. The Labute approximate surface area is 409 Å². The van der Waals surface area contributed by atoms with E-state index in [1.54, 1.807) is 48.5 Å². The predicted molar refractivity (Wildman–Crippen MR) is 272 cm³/mol. The Hall–Kier alpha value is -6.03. The third kappa shape index (κ3) is 15.2. The lowest BCUT2D eigenvalue weighted by molar-refractivity contribution is -0.137. The van der Waals surface area contributed by atoms with Crippen LogP contribution in [0.25, 0.3) is 0 Å². The average molecular weight is 943 g/mol. The number of Topliss-reactive ketones (excluding diaryl/α,β-unsaturated/α-hetero) is 4. The summed E-state index contributed by atoms with van der Waals surface area (Å²) < 4.78 is 11.9. The Morgan fingerprint density at radius 2 is 0.710 bits per heavy atom. The van der Waals surface area contributed by atoms with E-state index in [2.05, 4.69) is 34.3 Å². The van der Waals surface area contributed by atoms with Crippen LogP contribution in [0.1, 0.15) is 229 Å². The van der Waals surface area contributed by atoms with E-state index in [0.717, 1.165) is 57.4 Å². The number of rotatable bonds is 27. The van der Waals surface area contributed by atoms with Gasteiger partial charge in [-0.3, -0.25) is 19.2 Å². The van der Waals surface area contributed by atoms with Gasteiger partial charge in [0.05, 0.1) is 13.2 Å². The quantitative estimate of drug-likeness (QED) is 0.0200. The topological polar surface area (TPSA) is 164 Å². The standard InChI is InChI=1S/C59H74O10/c1-6-11-15-21-51(60)39-27-43-35-45-29-40(52(61)22-16-12-7-2)31-47(57(45)66)37-49-33-42(54(63)24-18-14-9-4)34-50(59(49)69-26-20-19-25-68-55(64)10-5)38-48-32-41(53(62)23-17-13-8-3)30-46(58(48)67)36-44(28-39)56(43)65/h10,27-34,65-67H,5-9,11-26,35-38H2,1-4H3. The zero-order valence-electron chi connectivity index (χ0n) is 41.6. The van der Waals surface area contributed by atoms with Crippen molar-refractivity contribution in [1.29, 1.82) is 0 Å². The summed E-state index contributed by atoms with van der Waals surface area (Å²) in [5.74, 6) is -0.713. The van der Waals surface area contributed by atoms with Gasteiger partial charge in [0.25, 0.3) is 0 Å². The highest BCUT2D eigenvalue weighted by Gasteiger charge is 2.26. The maximum atomic E-state index is 14.1. The number of hydrogen-bond acceptors (Lipinski definition) is 10. The van der Waals surface area contributed by atoms with Crippen molar-refractivity contribution in [3.63, 3.8) is 0 Å². The maximum absolute atomic E-state index is 14.1. The van der Waals surface area contributed by atoms with Crippen molar-refractivity contribution in [3.05, 3.63) is 128 Å². The number of phenolic OH excluding ortho intramolecular Hbond substituents is 3. The highest BCUT2D eigenvalue weighted by molar-refractivity contribution is 5.99. The lowest BCUT2D eigenvalue weighted by Gasteiger charge is -2.22. The zero-order chi connectivity index (χ0) is 49.9. The van der Waals surface area contributed by atoms with Gasteiger partial charge in [0.2, 0.25) is 0 Å².